The van der Waals surface area contributed by atoms with Gasteiger partial charge in [0.25, 0.3) is 5.91 Å². The molecule has 4 aromatic rings. The van der Waals surface area contributed by atoms with Gasteiger partial charge in [0.1, 0.15) is 5.82 Å². The van der Waals surface area contributed by atoms with E-state index in [1.165, 1.54) is 35.6 Å². The highest BCUT2D eigenvalue weighted by Gasteiger charge is 2.10. The quantitative estimate of drug-likeness (QED) is 0.599. The minimum atomic E-state index is -0.336. The monoisotopic (exact) mass is 337 g/mol. The molecule has 4 nitrogen and oxygen atoms in total. The lowest BCUT2D eigenvalue weighted by Gasteiger charge is -2.05. The van der Waals surface area contributed by atoms with E-state index in [1.54, 1.807) is 6.07 Å². The Bertz CT molecular complexity index is 1010. The zero-order valence-corrected chi connectivity index (χ0v) is 13.3. The fourth-order valence-electron chi connectivity index (χ4n) is 2.36. The third-order valence-corrected chi connectivity index (χ3v) is 4.60. The molecule has 0 aliphatic rings. The second-order valence-electron chi connectivity index (χ2n) is 5.23. The second kappa shape index (κ2) is 5.90. The van der Waals surface area contributed by atoms with Crippen LogP contribution in [0.2, 0.25) is 0 Å². The summed E-state index contributed by atoms with van der Waals surface area (Å²) in [7, 11) is 0. The van der Waals surface area contributed by atoms with Crippen molar-refractivity contribution in [1.29, 1.82) is 0 Å². The van der Waals surface area contributed by atoms with Crippen LogP contribution in [0.4, 0.5) is 10.1 Å². The number of thiazole rings is 1. The Balaban J connectivity index is 1.62. The maximum atomic E-state index is 12.9. The Hall–Kier alpha value is -2.99. The van der Waals surface area contributed by atoms with Gasteiger partial charge < -0.3 is 9.88 Å². The molecule has 0 unspecified atom stereocenters. The van der Waals surface area contributed by atoms with Gasteiger partial charge in [0.2, 0.25) is 0 Å². The van der Waals surface area contributed by atoms with Gasteiger partial charge in [0.05, 0.1) is 10.2 Å². The van der Waals surface area contributed by atoms with Crippen LogP contribution in [0.15, 0.2) is 67.0 Å². The lowest BCUT2D eigenvalue weighted by Crippen LogP contribution is -2.11. The van der Waals surface area contributed by atoms with Crippen LogP contribution >= 0.6 is 11.3 Å². The van der Waals surface area contributed by atoms with Crippen molar-refractivity contribution in [2.45, 2.75) is 0 Å². The summed E-state index contributed by atoms with van der Waals surface area (Å²) in [5.41, 5.74) is 1.94. The predicted molar refractivity (Wildman–Crippen MR) is 93.3 cm³/mol. The van der Waals surface area contributed by atoms with Crippen molar-refractivity contribution in [1.82, 2.24) is 9.55 Å². The minimum Gasteiger partial charge on any atom is -0.322 e. The zero-order valence-electron chi connectivity index (χ0n) is 12.4. The van der Waals surface area contributed by atoms with Gasteiger partial charge >= 0.3 is 0 Å². The molecular weight excluding hydrogens is 325 g/mol. The molecule has 0 spiro atoms. The highest BCUT2D eigenvalue weighted by molar-refractivity contribution is 7.20. The lowest BCUT2D eigenvalue weighted by molar-refractivity contribution is 0.102. The molecule has 6 heteroatoms. The molecule has 1 N–H and O–H groups in total. The van der Waals surface area contributed by atoms with Crippen molar-refractivity contribution < 1.29 is 9.18 Å². The molecular formula is C18H12FN3OS. The van der Waals surface area contributed by atoms with Gasteiger partial charge in [-0.25, -0.2) is 9.37 Å². The summed E-state index contributed by atoms with van der Waals surface area (Å²) in [5, 5.41) is 3.61. The molecule has 24 heavy (non-hydrogen) atoms. The van der Waals surface area contributed by atoms with E-state index in [9.17, 15) is 9.18 Å². The number of rotatable bonds is 3. The van der Waals surface area contributed by atoms with E-state index in [2.05, 4.69) is 10.3 Å². The maximum Gasteiger partial charge on any atom is 0.255 e. The van der Waals surface area contributed by atoms with Gasteiger partial charge in [0.15, 0.2) is 5.13 Å². The minimum absolute atomic E-state index is 0.237. The number of hydrogen-bond donors (Lipinski definition) is 1. The van der Waals surface area contributed by atoms with Crippen LogP contribution in [0.1, 0.15) is 10.4 Å². The van der Waals surface area contributed by atoms with Crippen molar-refractivity contribution in [3.05, 3.63) is 78.4 Å². The lowest BCUT2D eigenvalue weighted by atomic mass is 10.2. The van der Waals surface area contributed by atoms with Crippen LogP contribution in [0.25, 0.3) is 15.3 Å². The number of aromatic nitrogens is 2. The third kappa shape index (κ3) is 2.79. The topological polar surface area (TPSA) is 46.9 Å². The second-order valence-corrected chi connectivity index (χ2v) is 6.24. The van der Waals surface area contributed by atoms with E-state index >= 15 is 0 Å². The number of anilines is 1. The van der Waals surface area contributed by atoms with Gasteiger partial charge in [-0.2, -0.15) is 0 Å². The Morgan fingerprint density at radius 2 is 1.83 bits per heavy atom. The van der Waals surface area contributed by atoms with E-state index in [1.807, 2.05) is 41.2 Å². The molecule has 0 bridgehead atoms. The zero-order chi connectivity index (χ0) is 16.5. The summed E-state index contributed by atoms with van der Waals surface area (Å²) in [4.78, 5) is 16.9. The predicted octanol–water partition coefficient (Wildman–Crippen LogP) is 4.48. The smallest absolute Gasteiger partial charge is 0.255 e. The Kier molecular flexibility index (Phi) is 3.59. The van der Waals surface area contributed by atoms with Crippen LogP contribution in [-0.4, -0.2) is 15.5 Å². The van der Waals surface area contributed by atoms with Crippen molar-refractivity contribution >= 4 is 33.1 Å². The standard InChI is InChI=1S/C18H12FN3OS/c19-13-4-6-14(7-5-13)20-17(23)12-3-8-15-16(11-12)24-18(21-15)22-9-1-2-10-22/h1-11H,(H,20,23). The van der Waals surface area contributed by atoms with Crippen LogP contribution < -0.4 is 5.32 Å². The fraction of sp³-hybridized carbons (Fsp3) is 0. The number of carbonyl (C=O) groups excluding carboxylic acids is 1. The summed E-state index contributed by atoms with van der Waals surface area (Å²) >= 11 is 1.52. The molecule has 0 fully saturated rings. The average Bonchev–Trinajstić information content (AvgIpc) is 3.25. The first-order valence-corrected chi connectivity index (χ1v) is 8.11. The molecule has 2 aromatic heterocycles. The Labute approximate surface area is 141 Å². The van der Waals surface area contributed by atoms with Crippen molar-refractivity contribution in [2.24, 2.45) is 0 Å². The maximum absolute atomic E-state index is 12.9. The summed E-state index contributed by atoms with van der Waals surface area (Å²) < 4.78 is 15.8. The number of hydrogen-bond acceptors (Lipinski definition) is 3. The van der Waals surface area contributed by atoms with Crippen LogP contribution in [0, 0.1) is 5.82 Å². The van der Waals surface area contributed by atoms with E-state index in [-0.39, 0.29) is 11.7 Å². The molecule has 0 atom stereocenters. The number of nitrogens with zero attached hydrogens (tertiary/aromatic N) is 2. The van der Waals surface area contributed by atoms with Gasteiger partial charge in [0, 0.05) is 23.6 Å². The van der Waals surface area contributed by atoms with E-state index < -0.39 is 0 Å². The summed E-state index contributed by atoms with van der Waals surface area (Å²) in [5.74, 6) is -0.573. The first-order valence-electron chi connectivity index (χ1n) is 7.30. The van der Waals surface area contributed by atoms with Crippen molar-refractivity contribution in [2.75, 3.05) is 5.32 Å². The van der Waals surface area contributed by atoms with Crippen molar-refractivity contribution in [3.8, 4) is 5.13 Å². The average molecular weight is 337 g/mol. The van der Waals surface area contributed by atoms with Crippen LogP contribution in [0.3, 0.4) is 0 Å². The Morgan fingerprint density at radius 3 is 2.58 bits per heavy atom. The first-order chi connectivity index (χ1) is 11.7. The molecule has 0 aliphatic heterocycles. The number of nitrogens with one attached hydrogen (secondary N) is 1. The van der Waals surface area contributed by atoms with Gasteiger partial charge in [-0.05, 0) is 54.6 Å². The number of carbonyl (C=O) groups is 1. The number of fused-ring (bicyclic) bond motifs is 1. The SMILES string of the molecule is O=C(Nc1ccc(F)cc1)c1ccc2nc(-n3cccc3)sc2c1. The molecule has 0 aliphatic carbocycles. The molecule has 118 valence electrons. The summed E-state index contributed by atoms with van der Waals surface area (Å²) in [6.07, 6.45) is 3.86. The van der Waals surface area contributed by atoms with Gasteiger partial charge in [-0.15, -0.1) is 0 Å². The normalized spacial score (nSPS) is 10.9. The van der Waals surface area contributed by atoms with Crippen molar-refractivity contribution in [3.63, 3.8) is 0 Å². The third-order valence-electron chi connectivity index (χ3n) is 3.57. The fourth-order valence-corrected chi connectivity index (χ4v) is 3.33. The molecule has 2 aromatic carbocycles. The summed E-state index contributed by atoms with van der Waals surface area (Å²) in [6.45, 7) is 0. The number of amides is 1. The number of halogens is 1. The highest BCUT2D eigenvalue weighted by atomic mass is 32.1. The molecule has 1 amide bonds. The van der Waals surface area contributed by atoms with Crippen LogP contribution in [0.5, 0.6) is 0 Å². The van der Waals surface area contributed by atoms with Gasteiger partial charge in [-0.1, -0.05) is 11.3 Å². The Morgan fingerprint density at radius 1 is 1.08 bits per heavy atom. The molecule has 0 radical (unpaired) electrons. The van der Waals surface area contributed by atoms with Gasteiger partial charge in [-0.3, -0.25) is 4.79 Å². The first kappa shape index (κ1) is 14.6. The molecule has 2 heterocycles. The van der Waals surface area contributed by atoms with E-state index in [0.29, 0.717) is 11.3 Å². The van der Waals surface area contributed by atoms with E-state index in [0.717, 1.165) is 15.3 Å². The molecule has 4 rings (SSSR count). The highest BCUT2D eigenvalue weighted by Crippen LogP contribution is 2.26. The summed E-state index contributed by atoms with van der Waals surface area (Å²) in [6, 6.07) is 14.9. The molecule has 0 saturated carbocycles. The van der Waals surface area contributed by atoms with Crippen LogP contribution in [-0.2, 0) is 0 Å². The number of benzene rings is 2. The molecule has 0 saturated heterocycles. The van der Waals surface area contributed by atoms with E-state index in [4.69, 9.17) is 0 Å². The largest absolute Gasteiger partial charge is 0.322 e.